The Hall–Kier alpha value is -7.36. The average molecular weight is 740 g/mol. The van der Waals surface area contributed by atoms with Gasteiger partial charge in [-0.15, -0.1) is 0 Å². The first-order valence-corrected chi connectivity index (χ1v) is 20.1. The van der Waals surface area contributed by atoms with Gasteiger partial charge in [0.1, 0.15) is 0 Å². The molecular weight excluding hydrogens is 703 g/mol. The van der Waals surface area contributed by atoms with Crippen LogP contribution in [0.1, 0.15) is 25.0 Å². The van der Waals surface area contributed by atoms with E-state index in [1.807, 2.05) is 0 Å². The molecule has 12 rings (SSSR count). The van der Waals surface area contributed by atoms with Crippen LogP contribution in [-0.2, 0) is 5.41 Å². The minimum Gasteiger partial charge on any atom is -0.309 e. The lowest BCUT2D eigenvalue weighted by Crippen LogP contribution is -2.15. The van der Waals surface area contributed by atoms with E-state index >= 15 is 0 Å². The highest BCUT2D eigenvalue weighted by Crippen LogP contribution is 2.51. The molecule has 2 aromatic heterocycles. The standard InChI is InChI=1S/C55H37N3/c1-55(2)49-32-39(23-26-43(49)44-27-24-40(33-50(44)55)58-51-16-7-5-13-45(51)46-14-6-8-17-52(46)58)37-11-9-10-36(30-37)34-18-20-35(21-19-34)38-22-25-42-41-12-3-4-15-47(41)53-54(48(42)31-38)57-29-28-56-53/h3-33H,1-2H3. The van der Waals surface area contributed by atoms with Crippen molar-refractivity contribution in [3.8, 4) is 50.2 Å². The summed E-state index contributed by atoms with van der Waals surface area (Å²) in [5.74, 6) is 0. The molecule has 11 aromatic rings. The van der Waals surface area contributed by atoms with Crippen LogP contribution in [0.25, 0.3) is 105 Å². The number of rotatable bonds is 4. The maximum absolute atomic E-state index is 4.79. The molecule has 0 fully saturated rings. The van der Waals surface area contributed by atoms with Crippen molar-refractivity contribution in [2.24, 2.45) is 0 Å². The molecule has 3 heteroatoms. The Kier molecular flexibility index (Phi) is 6.98. The van der Waals surface area contributed by atoms with E-state index in [9.17, 15) is 0 Å². The second kappa shape index (κ2) is 12.3. The zero-order valence-corrected chi connectivity index (χ0v) is 32.2. The highest BCUT2D eigenvalue weighted by Gasteiger charge is 2.36. The fraction of sp³-hybridized carbons (Fsp3) is 0.0545. The number of fused-ring (bicyclic) bond motifs is 12. The van der Waals surface area contributed by atoms with Crippen molar-refractivity contribution in [3.05, 3.63) is 199 Å². The van der Waals surface area contributed by atoms with Gasteiger partial charge < -0.3 is 4.57 Å². The largest absolute Gasteiger partial charge is 0.309 e. The van der Waals surface area contributed by atoms with Crippen LogP contribution in [0.15, 0.2) is 188 Å². The van der Waals surface area contributed by atoms with Gasteiger partial charge in [0.05, 0.1) is 22.1 Å². The van der Waals surface area contributed by atoms with E-state index in [1.54, 1.807) is 12.4 Å². The van der Waals surface area contributed by atoms with Crippen LogP contribution < -0.4 is 0 Å². The fourth-order valence-corrected chi connectivity index (χ4v) is 9.79. The first-order valence-electron chi connectivity index (χ1n) is 20.1. The number of hydrogen-bond acceptors (Lipinski definition) is 2. The number of hydrogen-bond donors (Lipinski definition) is 0. The van der Waals surface area contributed by atoms with Gasteiger partial charge in [0.15, 0.2) is 0 Å². The zero-order valence-electron chi connectivity index (χ0n) is 32.2. The lowest BCUT2D eigenvalue weighted by Gasteiger charge is -2.23. The SMILES string of the molecule is CC1(C)c2cc(-c3cccc(-c4ccc(-c5ccc6c7ccccc7c7nccnc7c6c5)cc4)c3)ccc2-c2ccc(-n3c4ccccc4c4ccccc43)cc21. The van der Waals surface area contributed by atoms with Crippen molar-refractivity contribution < 1.29 is 0 Å². The zero-order chi connectivity index (χ0) is 38.5. The topological polar surface area (TPSA) is 30.7 Å². The van der Waals surface area contributed by atoms with Crippen molar-refractivity contribution >= 4 is 54.4 Å². The van der Waals surface area contributed by atoms with E-state index in [4.69, 9.17) is 9.97 Å². The predicted octanol–water partition coefficient (Wildman–Crippen LogP) is 14.3. The Bertz CT molecular complexity index is 3390. The van der Waals surface area contributed by atoms with Gasteiger partial charge in [0.25, 0.3) is 0 Å². The lowest BCUT2D eigenvalue weighted by atomic mass is 9.81. The van der Waals surface area contributed by atoms with Crippen LogP contribution in [0, 0.1) is 0 Å². The number of nitrogens with zero attached hydrogens (tertiary/aromatic N) is 3. The molecule has 0 unspecified atom stereocenters. The van der Waals surface area contributed by atoms with Gasteiger partial charge in [-0.2, -0.15) is 0 Å². The molecule has 0 atom stereocenters. The third kappa shape index (κ3) is 4.80. The highest BCUT2D eigenvalue weighted by atomic mass is 15.0. The maximum atomic E-state index is 4.79. The molecule has 272 valence electrons. The molecule has 1 aliphatic rings. The first kappa shape index (κ1) is 32.8. The second-order valence-electron chi connectivity index (χ2n) is 16.2. The summed E-state index contributed by atoms with van der Waals surface area (Å²) >= 11 is 0. The van der Waals surface area contributed by atoms with E-state index < -0.39 is 0 Å². The molecule has 0 amide bonds. The van der Waals surface area contributed by atoms with Crippen LogP contribution in [0.2, 0.25) is 0 Å². The monoisotopic (exact) mass is 739 g/mol. The van der Waals surface area contributed by atoms with Crippen LogP contribution in [0.3, 0.4) is 0 Å². The summed E-state index contributed by atoms with van der Waals surface area (Å²) in [6.45, 7) is 4.76. The third-order valence-corrected chi connectivity index (χ3v) is 12.7. The summed E-state index contributed by atoms with van der Waals surface area (Å²) in [4.78, 5) is 9.52. The van der Waals surface area contributed by atoms with Gasteiger partial charge >= 0.3 is 0 Å². The molecule has 0 aliphatic heterocycles. The van der Waals surface area contributed by atoms with Gasteiger partial charge in [-0.05, 0) is 109 Å². The maximum Gasteiger partial charge on any atom is 0.0971 e. The van der Waals surface area contributed by atoms with Crippen LogP contribution >= 0.6 is 0 Å². The molecule has 3 nitrogen and oxygen atoms in total. The summed E-state index contributed by atoms with van der Waals surface area (Å²) in [5.41, 5.74) is 18.0. The normalized spacial score (nSPS) is 13.1. The van der Waals surface area contributed by atoms with Gasteiger partial charge in [-0.1, -0.05) is 147 Å². The average Bonchev–Trinajstić information content (AvgIpc) is 3.74. The molecule has 0 radical (unpaired) electrons. The van der Waals surface area contributed by atoms with E-state index in [1.165, 1.54) is 93.9 Å². The molecule has 0 saturated carbocycles. The van der Waals surface area contributed by atoms with E-state index in [-0.39, 0.29) is 5.41 Å². The van der Waals surface area contributed by atoms with Gasteiger partial charge in [0.2, 0.25) is 0 Å². The first-order chi connectivity index (χ1) is 28.5. The Morgan fingerprint density at radius 1 is 0.362 bits per heavy atom. The molecule has 2 heterocycles. The molecule has 0 spiro atoms. The van der Waals surface area contributed by atoms with Gasteiger partial charge in [0, 0.05) is 45.0 Å². The minimum atomic E-state index is -0.155. The molecular formula is C55H37N3. The van der Waals surface area contributed by atoms with E-state index in [0.717, 1.165) is 21.8 Å². The Morgan fingerprint density at radius 3 is 1.53 bits per heavy atom. The smallest absolute Gasteiger partial charge is 0.0971 e. The van der Waals surface area contributed by atoms with Crippen molar-refractivity contribution in [1.29, 1.82) is 0 Å². The van der Waals surface area contributed by atoms with Crippen LogP contribution in [-0.4, -0.2) is 14.5 Å². The molecule has 1 aliphatic carbocycles. The summed E-state index contributed by atoms with van der Waals surface area (Å²) in [5, 5.41) is 7.23. The summed E-state index contributed by atoms with van der Waals surface area (Å²) in [6.07, 6.45) is 3.57. The minimum absolute atomic E-state index is 0.155. The Balaban J connectivity index is 0.873. The number of aromatic nitrogens is 3. The van der Waals surface area contributed by atoms with Gasteiger partial charge in [-0.3, -0.25) is 9.97 Å². The quantitative estimate of drug-likeness (QED) is 0.168. The Morgan fingerprint density at radius 2 is 0.845 bits per heavy atom. The van der Waals surface area contributed by atoms with Crippen LogP contribution in [0.4, 0.5) is 0 Å². The van der Waals surface area contributed by atoms with Crippen molar-refractivity contribution in [2.75, 3.05) is 0 Å². The predicted molar refractivity (Wildman–Crippen MR) is 243 cm³/mol. The van der Waals surface area contributed by atoms with E-state index in [2.05, 4.69) is 194 Å². The summed E-state index contributed by atoms with van der Waals surface area (Å²) < 4.78 is 2.42. The molecule has 0 saturated heterocycles. The molecule has 58 heavy (non-hydrogen) atoms. The second-order valence-corrected chi connectivity index (χ2v) is 16.2. The lowest BCUT2D eigenvalue weighted by molar-refractivity contribution is 0.660. The van der Waals surface area contributed by atoms with E-state index in [0.29, 0.717) is 0 Å². The van der Waals surface area contributed by atoms with Gasteiger partial charge in [-0.25, -0.2) is 0 Å². The number of benzene rings is 9. The third-order valence-electron chi connectivity index (χ3n) is 12.7. The van der Waals surface area contributed by atoms with Crippen LogP contribution in [0.5, 0.6) is 0 Å². The number of para-hydroxylation sites is 2. The summed E-state index contributed by atoms with van der Waals surface area (Å²) in [6, 6.07) is 64.8. The van der Waals surface area contributed by atoms with Crippen molar-refractivity contribution in [3.63, 3.8) is 0 Å². The fourth-order valence-electron chi connectivity index (χ4n) is 9.79. The Labute approximate surface area is 336 Å². The summed E-state index contributed by atoms with van der Waals surface area (Å²) in [7, 11) is 0. The molecule has 9 aromatic carbocycles. The molecule has 0 bridgehead atoms. The molecule has 0 N–H and O–H groups in total. The van der Waals surface area contributed by atoms with Crippen molar-refractivity contribution in [1.82, 2.24) is 14.5 Å². The van der Waals surface area contributed by atoms with Crippen molar-refractivity contribution in [2.45, 2.75) is 19.3 Å². The highest BCUT2D eigenvalue weighted by molar-refractivity contribution is 6.23.